The second kappa shape index (κ2) is 7.54. The van der Waals surface area contributed by atoms with Gasteiger partial charge < -0.3 is 5.32 Å². The number of carbonyl (C=O) groups is 1. The molecule has 26 heavy (non-hydrogen) atoms. The summed E-state index contributed by atoms with van der Waals surface area (Å²) in [6, 6.07) is 9.60. The summed E-state index contributed by atoms with van der Waals surface area (Å²) in [6.45, 7) is 7.56. The number of nitrogens with one attached hydrogen (secondary N) is 1. The van der Waals surface area contributed by atoms with Gasteiger partial charge in [-0.25, -0.2) is 9.67 Å². The fourth-order valence-electron chi connectivity index (χ4n) is 2.54. The molecule has 0 saturated carbocycles. The molecule has 1 amide bonds. The Hall–Kier alpha value is -2.92. The highest BCUT2D eigenvalue weighted by molar-refractivity contribution is 6.30. The number of aromatic nitrogens is 3. The van der Waals surface area contributed by atoms with Crippen molar-refractivity contribution in [3.8, 4) is 0 Å². The molecule has 0 aliphatic carbocycles. The van der Waals surface area contributed by atoms with E-state index in [1.807, 2.05) is 61.0 Å². The number of nitrogens with zero attached hydrogens (tertiary/aromatic N) is 3. The Morgan fingerprint density at radius 2 is 2.00 bits per heavy atom. The van der Waals surface area contributed by atoms with E-state index < -0.39 is 0 Å². The number of anilines is 1. The third-order valence-corrected chi connectivity index (χ3v) is 4.07. The van der Waals surface area contributed by atoms with Crippen LogP contribution in [0.4, 0.5) is 5.69 Å². The highest BCUT2D eigenvalue weighted by Gasteiger charge is 2.13. The number of benzene rings is 1. The van der Waals surface area contributed by atoms with Gasteiger partial charge in [0.2, 0.25) is 5.91 Å². The average molecular weight is 367 g/mol. The highest BCUT2D eigenvalue weighted by atomic mass is 35.5. The van der Waals surface area contributed by atoms with Gasteiger partial charge in [-0.1, -0.05) is 36.4 Å². The Bertz CT molecular complexity index is 987. The van der Waals surface area contributed by atoms with Gasteiger partial charge in [-0.15, -0.1) is 0 Å². The lowest BCUT2D eigenvalue weighted by Gasteiger charge is -2.06. The molecule has 0 saturated heterocycles. The first-order valence-electron chi connectivity index (χ1n) is 8.23. The molecule has 0 aliphatic heterocycles. The number of pyridine rings is 1. The monoisotopic (exact) mass is 366 g/mol. The van der Waals surface area contributed by atoms with E-state index in [1.165, 1.54) is 6.08 Å². The summed E-state index contributed by atoms with van der Waals surface area (Å²) in [7, 11) is 0. The van der Waals surface area contributed by atoms with Crippen molar-refractivity contribution < 1.29 is 4.79 Å². The zero-order valence-corrected chi connectivity index (χ0v) is 15.4. The van der Waals surface area contributed by atoms with Crippen molar-refractivity contribution in [3.63, 3.8) is 0 Å². The largest absolute Gasteiger partial charge is 0.321 e. The average Bonchev–Trinajstić information content (AvgIpc) is 2.99. The minimum absolute atomic E-state index is 0.163. The molecule has 0 fully saturated rings. The lowest BCUT2D eigenvalue weighted by molar-refractivity contribution is -0.111. The van der Waals surface area contributed by atoms with Crippen LogP contribution in [0.3, 0.4) is 0 Å². The third-order valence-electron chi connectivity index (χ3n) is 3.82. The molecule has 3 aromatic rings. The summed E-state index contributed by atoms with van der Waals surface area (Å²) in [5.74, 6) is -0.277. The first-order chi connectivity index (χ1) is 12.5. The van der Waals surface area contributed by atoms with Crippen LogP contribution >= 0.6 is 11.6 Å². The smallest absolute Gasteiger partial charge is 0.247 e. The van der Waals surface area contributed by atoms with E-state index in [0.717, 1.165) is 22.3 Å². The van der Waals surface area contributed by atoms with Crippen molar-refractivity contribution in [1.82, 2.24) is 14.8 Å². The summed E-state index contributed by atoms with van der Waals surface area (Å²) in [5, 5.41) is 8.97. The maximum absolute atomic E-state index is 11.6. The predicted molar refractivity (Wildman–Crippen MR) is 107 cm³/mol. The van der Waals surface area contributed by atoms with Crippen molar-refractivity contribution in [1.29, 1.82) is 0 Å². The molecule has 1 aromatic carbocycles. The summed E-state index contributed by atoms with van der Waals surface area (Å²) in [4.78, 5) is 16.0. The van der Waals surface area contributed by atoms with Crippen LogP contribution in [0.5, 0.6) is 0 Å². The standard InChI is InChI=1S/C20H19ClN4O/c1-4-19(26)23-16-11-17-18(10-7-14-5-8-15(21)9-6-14)24-25(13(2)3)20(17)22-12-16/h4-13H,1H2,2-3H3,(H,23,26). The number of carbonyl (C=O) groups excluding carboxylic acids is 1. The van der Waals surface area contributed by atoms with Gasteiger partial charge in [-0.05, 0) is 49.8 Å². The predicted octanol–water partition coefficient (Wildman–Crippen LogP) is 4.96. The molecule has 0 radical (unpaired) electrons. The lowest BCUT2D eigenvalue weighted by atomic mass is 10.1. The highest BCUT2D eigenvalue weighted by Crippen LogP contribution is 2.25. The van der Waals surface area contributed by atoms with Crippen molar-refractivity contribution in [2.24, 2.45) is 0 Å². The van der Waals surface area contributed by atoms with E-state index in [2.05, 4.69) is 22.0 Å². The Morgan fingerprint density at radius 3 is 2.65 bits per heavy atom. The Kier molecular flexibility index (Phi) is 5.19. The summed E-state index contributed by atoms with van der Waals surface area (Å²) in [6.07, 6.45) is 6.75. The quantitative estimate of drug-likeness (QED) is 0.649. The third kappa shape index (κ3) is 3.83. The molecule has 0 unspecified atom stereocenters. The molecule has 0 aliphatic rings. The van der Waals surface area contributed by atoms with Crippen LogP contribution in [-0.4, -0.2) is 20.7 Å². The summed E-state index contributed by atoms with van der Waals surface area (Å²) >= 11 is 5.93. The maximum Gasteiger partial charge on any atom is 0.247 e. The first kappa shape index (κ1) is 17.9. The van der Waals surface area contributed by atoms with Gasteiger partial charge in [0.05, 0.1) is 17.6 Å². The molecule has 0 bridgehead atoms. The van der Waals surface area contributed by atoms with Crippen molar-refractivity contribution in [2.75, 3.05) is 5.32 Å². The Morgan fingerprint density at radius 1 is 1.27 bits per heavy atom. The lowest BCUT2D eigenvalue weighted by Crippen LogP contribution is -2.08. The van der Waals surface area contributed by atoms with Gasteiger partial charge in [-0.3, -0.25) is 4.79 Å². The SMILES string of the molecule is C=CC(=O)Nc1cnc2c(c1)c(C=Cc1ccc(Cl)cc1)nn2C(C)C. The Labute approximate surface area is 157 Å². The van der Waals surface area contributed by atoms with E-state index in [0.29, 0.717) is 10.7 Å². The van der Waals surface area contributed by atoms with Crippen LogP contribution in [-0.2, 0) is 4.79 Å². The van der Waals surface area contributed by atoms with Crippen LogP contribution in [0.1, 0.15) is 31.1 Å². The number of amides is 1. The second-order valence-electron chi connectivity index (χ2n) is 6.10. The van der Waals surface area contributed by atoms with E-state index in [-0.39, 0.29) is 11.9 Å². The number of halogens is 1. The second-order valence-corrected chi connectivity index (χ2v) is 6.53. The van der Waals surface area contributed by atoms with Gasteiger partial charge in [0, 0.05) is 16.5 Å². The topological polar surface area (TPSA) is 59.8 Å². The van der Waals surface area contributed by atoms with Crippen molar-refractivity contribution in [2.45, 2.75) is 19.9 Å². The number of fused-ring (bicyclic) bond motifs is 1. The molecule has 132 valence electrons. The molecular formula is C20H19ClN4O. The molecular weight excluding hydrogens is 348 g/mol. The molecule has 1 N–H and O–H groups in total. The molecule has 2 aromatic heterocycles. The van der Waals surface area contributed by atoms with E-state index in [9.17, 15) is 4.79 Å². The Balaban J connectivity index is 2.04. The molecule has 6 heteroatoms. The minimum Gasteiger partial charge on any atom is -0.321 e. The molecule has 5 nitrogen and oxygen atoms in total. The number of hydrogen-bond acceptors (Lipinski definition) is 3. The van der Waals surface area contributed by atoms with E-state index >= 15 is 0 Å². The van der Waals surface area contributed by atoms with Gasteiger partial charge in [0.15, 0.2) is 5.65 Å². The van der Waals surface area contributed by atoms with Gasteiger partial charge in [0.1, 0.15) is 0 Å². The van der Waals surface area contributed by atoms with Crippen LogP contribution in [0, 0.1) is 0 Å². The normalized spacial score (nSPS) is 11.4. The summed E-state index contributed by atoms with van der Waals surface area (Å²) in [5.41, 5.74) is 3.18. The fourth-order valence-corrected chi connectivity index (χ4v) is 2.67. The van der Waals surface area contributed by atoms with E-state index in [1.54, 1.807) is 6.20 Å². The van der Waals surface area contributed by atoms with Crippen LogP contribution in [0.15, 0.2) is 49.2 Å². The molecule has 0 spiro atoms. The van der Waals surface area contributed by atoms with Crippen molar-refractivity contribution >= 4 is 46.4 Å². The first-order valence-corrected chi connectivity index (χ1v) is 8.61. The van der Waals surface area contributed by atoms with Crippen LogP contribution in [0.2, 0.25) is 5.02 Å². The molecule has 3 rings (SSSR count). The summed E-state index contributed by atoms with van der Waals surface area (Å²) < 4.78 is 1.87. The zero-order valence-electron chi connectivity index (χ0n) is 14.6. The van der Waals surface area contributed by atoms with Crippen molar-refractivity contribution in [3.05, 3.63) is 65.5 Å². The molecule has 2 heterocycles. The molecule has 0 atom stereocenters. The maximum atomic E-state index is 11.6. The number of rotatable bonds is 5. The van der Waals surface area contributed by atoms with Gasteiger partial charge >= 0.3 is 0 Å². The number of hydrogen-bond donors (Lipinski definition) is 1. The minimum atomic E-state index is -0.277. The zero-order chi connectivity index (χ0) is 18.7. The van der Waals surface area contributed by atoms with Gasteiger partial charge in [-0.2, -0.15) is 5.10 Å². The fraction of sp³-hybridized carbons (Fsp3) is 0.150. The van der Waals surface area contributed by atoms with Crippen LogP contribution in [0.25, 0.3) is 23.2 Å². The van der Waals surface area contributed by atoms with Crippen LogP contribution < -0.4 is 5.32 Å². The van der Waals surface area contributed by atoms with Gasteiger partial charge in [0.25, 0.3) is 0 Å². The van der Waals surface area contributed by atoms with E-state index in [4.69, 9.17) is 11.6 Å².